The van der Waals surface area contributed by atoms with Gasteiger partial charge in [0.15, 0.2) is 0 Å². The van der Waals surface area contributed by atoms with Crippen LogP contribution in [-0.2, 0) is 18.8 Å². The Bertz CT molecular complexity index is 973. The van der Waals surface area contributed by atoms with Gasteiger partial charge in [-0.25, -0.2) is 4.79 Å². The van der Waals surface area contributed by atoms with E-state index < -0.39 is 26.2 Å². The van der Waals surface area contributed by atoms with Gasteiger partial charge in [0.1, 0.15) is 6.04 Å². The van der Waals surface area contributed by atoms with Crippen LogP contribution >= 0.6 is 0 Å². The van der Waals surface area contributed by atoms with Crippen LogP contribution in [0.2, 0.25) is 5.04 Å². The molecule has 0 radical (unpaired) electrons. The Labute approximate surface area is 211 Å². The van der Waals surface area contributed by atoms with Gasteiger partial charge in [-0.1, -0.05) is 95.3 Å². The van der Waals surface area contributed by atoms with Crippen LogP contribution in [0.3, 0.4) is 0 Å². The molecular formula is C28H38N2O4Si. The maximum absolute atomic E-state index is 13.1. The lowest BCUT2D eigenvalue weighted by atomic mass is 10.0. The van der Waals surface area contributed by atoms with Crippen LogP contribution in [0.15, 0.2) is 60.7 Å². The molecule has 2 aromatic carbocycles. The lowest BCUT2D eigenvalue weighted by Gasteiger charge is -2.43. The summed E-state index contributed by atoms with van der Waals surface area (Å²) in [5.41, 5.74) is 0. The fourth-order valence-corrected chi connectivity index (χ4v) is 9.24. The summed E-state index contributed by atoms with van der Waals surface area (Å²) in [6.45, 7) is 10.3. The molecule has 188 valence electrons. The van der Waals surface area contributed by atoms with E-state index in [0.717, 1.165) is 10.4 Å². The van der Waals surface area contributed by atoms with Crippen LogP contribution in [0.1, 0.15) is 41.0 Å². The highest BCUT2D eigenvalue weighted by atomic mass is 28.4. The molecule has 0 aromatic heterocycles. The number of rotatable bonds is 10. The van der Waals surface area contributed by atoms with Crippen molar-refractivity contribution in [1.29, 1.82) is 5.26 Å². The van der Waals surface area contributed by atoms with Gasteiger partial charge in [0.2, 0.25) is 5.91 Å². The Hall–Kier alpha value is -2.95. The largest absolute Gasteiger partial charge is 0.467 e. The van der Waals surface area contributed by atoms with Gasteiger partial charge in [0.05, 0.1) is 25.7 Å². The molecular weight excluding hydrogens is 456 g/mol. The summed E-state index contributed by atoms with van der Waals surface area (Å²) in [6, 6.07) is 21.9. The smallest absolute Gasteiger partial charge is 0.328 e. The zero-order valence-corrected chi connectivity index (χ0v) is 22.9. The van der Waals surface area contributed by atoms with E-state index in [4.69, 9.17) is 9.16 Å². The number of carbonyl (C=O) groups is 2. The minimum Gasteiger partial charge on any atom is -0.467 e. The maximum atomic E-state index is 13.1. The zero-order valence-electron chi connectivity index (χ0n) is 21.9. The Morgan fingerprint density at radius 1 is 1.00 bits per heavy atom. The van der Waals surface area contributed by atoms with E-state index in [-0.39, 0.29) is 29.9 Å². The highest BCUT2D eigenvalue weighted by molar-refractivity contribution is 6.99. The number of ether oxygens (including phenoxy) is 1. The monoisotopic (exact) mass is 494 g/mol. The van der Waals surface area contributed by atoms with Gasteiger partial charge in [-0.05, 0) is 21.3 Å². The number of methoxy groups -OCH3 is 1. The SMILES string of the molecule is COC(=O)[C@H](C(C)C)N(C)C(=O)CC(C#N)CO[Si](c1ccccc1)(c1ccccc1)C(C)(C)C. The minimum absolute atomic E-state index is 0.0363. The van der Waals surface area contributed by atoms with E-state index in [1.807, 2.05) is 50.2 Å². The fourth-order valence-electron chi connectivity index (χ4n) is 4.64. The molecule has 0 heterocycles. The molecule has 7 heteroatoms. The molecule has 0 fully saturated rings. The minimum atomic E-state index is -2.82. The zero-order chi connectivity index (χ0) is 26.2. The Balaban J connectivity index is 2.36. The fraction of sp³-hybridized carbons (Fsp3) is 0.464. The first kappa shape index (κ1) is 28.3. The number of benzene rings is 2. The number of nitrogens with zero attached hydrogens (tertiary/aromatic N) is 2. The van der Waals surface area contributed by atoms with Crippen molar-refractivity contribution in [2.45, 2.75) is 52.1 Å². The molecule has 2 atom stereocenters. The van der Waals surface area contributed by atoms with Crippen molar-refractivity contribution >= 4 is 30.6 Å². The second-order valence-electron chi connectivity index (χ2n) is 10.2. The summed E-state index contributed by atoms with van der Waals surface area (Å²) >= 11 is 0. The van der Waals surface area contributed by atoms with Crippen molar-refractivity contribution in [3.8, 4) is 6.07 Å². The number of hydrogen-bond acceptors (Lipinski definition) is 5. The van der Waals surface area contributed by atoms with E-state index >= 15 is 0 Å². The Morgan fingerprint density at radius 2 is 1.49 bits per heavy atom. The molecule has 6 nitrogen and oxygen atoms in total. The molecule has 0 aliphatic carbocycles. The third kappa shape index (κ3) is 6.39. The highest BCUT2D eigenvalue weighted by Crippen LogP contribution is 2.37. The quantitative estimate of drug-likeness (QED) is 0.371. The van der Waals surface area contributed by atoms with Crippen molar-refractivity contribution in [2.24, 2.45) is 11.8 Å². The molecule has 1 unspecified atom stereocenters. The van der Waals surface area contributed by atoms with Crippen molar-refractivity contribution in [1.82, 2.24) is 4.90 Å². The molecule has 1 amide bonds. The Kier molecular flexibility index (Phi) is 9.81. The predicted octanol–water partition coefficient (Wildman–Crippen LogP) is 3.75. The normalized spacial score (nSPS) is 13.6. The number of hydrogen-bond donors (Lipinski definition) is 0. The molecule has 0 spiro atoms. The third-order valence-corrected chi connectivity index (χ3v) is 11.4. The first-order valence-corrected chi connectivity index (χ1v) is 13.9. The van der Waals surface area contributed by atoms with Crippen LogP contribution in [0, 0.1) is 23.2 Å². The van der Waals surface area contributed by atoms with Crippen molar-refractivity contribution in [3.05, 3.63) is 60.7 Å². The number of amides is 1. The van der Waals surface area contributed by atoms with Crippen LogP contribution < -0.4 is 10.4 Å². The second kappa shape index (κ2) is 12.1. The first-order chi connectivity index (χ1) is 16.5. The summed E-state index contributed by atoms with van der Waals surface area (Å²) in [6.07, 6.45) is -0.0363. The summed E-state index contributed by atoms with van der Waals surface area (Å²) in [7, 11) is 0.0759. The third-order valence-electron chi connectivity index (χ3n) is 6.41. The molecule has 2 rings (SSSR count). The van der Waals surface area contributed by atoms with Crippen molar-refractivity contribution in [3.63, 3.8) is 0 Å². The van der Waals surface area contributed by atoms with Crippen LogP contribution in [-0.4, -0.2) is 51.9 Å². The van der Waals surface area contributed by atoms with Gasteiger partial charge in [0, 0.05) is 13.5 Å². The van der Waals surface area contributed by atoms with Gasteiger partial charge in [-0.15, -0.1) is 0 Å². The summed E-state index contributed by atoms with van der Waals surface area (Å²) in [5.74, 6) is -1.53. The average Bonchev–Trinajstić information content (AvgIpc) is 2.83. The van der Waals surface area contributed by atoms with Gasteiger partial charge in [-0.3, -0.25) is 4.79 Å². The predicted molar refractivity (Wildman–Crippen MR) is 141 cm³/mol. The van der Waals surface area contributed by atoms with Crippen LogP contribution in [0.4, 0.5) is 0 Å². The molecule has 35 heavy (non-hydrogen) atoms. The molecule has 2 aromatic rings. The lowest BCUT2D eigenvalue weighted by molar-refractivity contribution is -0.154. The number of esters is 1. The molecule has 0 aliphatic heterocycles. The van der Waals surface area contributed by atoms with E-state index in [0.29, 0.717) is 0 Å². The molecule has 0 bridgehead atoms. The van der Waals surface area contributed by atoms with E-state index in [1.54, 1.807) is 7.05 Å². The molecule has 0 saturated carbocycles. The average molecular weight is 495 g/mol. The molecule has 0 N–H and O–H groups in total. The first-order valence-electron chi connectivity index (χ1n) is 12.0. The van der Waals surface area contributed by atoms with Crippen molar-refractivity contribution in [2.75, 3.05) is 20.8 Å². The van der Waals surface area contributed by atoms with Gasteiger partial charge in [-0.2, -0.15) is 5.26 Å². The molecule has 0 saturated heterocycles. The second-order valence-corrected chi connectivity index (χ2v) is 14.5. The summed E-state index contributed by atoms with van der Waals surface area (Å²) in [4.78, 5) is 26.7. The van der Waals surface area contributed by atoms with E-state index in [1.165, 1.54) is 12.0 Å². The van der Waals surface area contributed by atoms with Gasteiger partial charge < -0.3 is 14.1 Å². The lowest BCUT2D eigenvalue weighted by Crippen LogP contribution is -2.66. The topological polar surface area (TPSA) is 79.6 Å². The van der Waals surface area contributed by atoms with Crippen molar-refractivity contribution < 1.29 is 18.8 Å². The summed E-state index contributed by atoms with van der Waals surface area (Å²) in [5, 5.41) is 11.9. The number of likely N-dealkylation sites (N-methyl/N-ethyl adjacent to an activating group) is 1. The Morgan fingerprint density at radius 3 is 1.86 bits per heavy atom. The van der Waals surface area contributed by atoms with Crippen LogP contribution in [0.5, 0.6) is 0 Å². The van der Waals surface area contributed by atoms with Gasteiger partial charge in [0.25, 0.3) is 8.32 Å². The van der Waals surface area contributed by atoms with E-state index in [2.05, 4.69) is 51.1 Å². The van der Waals surface area contributed by atoms with Crippen LogP contribution in [0.25, 0.3) is 0 Å². The number of nitriles is 1. The maximum Gasteiger partial charge on any atom is 0.328 e. The highest BCUT2D eigenvalue weighted by Gasteiger charge is 2.50. The standard InChI is InChI=1S/C28H38N2O4Si/c1-21(2)26(27(32)33-7)30(6)25(31)18-22(19-29)20-34-35(28(3,4)5,23-14-10-8-11-15-23)24-16-12-9-13-17-24/h8-17,21-22,26H,18,20H2,1-7H3/t22?,26-/m0/s1. The molecule has 0 aliphatic rings. The van der Waals surface area contributed by atoms with E-state index in [9.17, 15) is 14.9 Å². The number of carbonyl (C=O) groups excluding carboxylic acids is 2. The van der Waals surface area contributed by atoms with Gasteiger partial charge >= 0.3 is 5.97 Å². The summed E-state index contributed by atoms with van der Waals surface area (Å²) < 4.78 is 11.7.